The van der Waals surface area contributed by atoms with E-state index in [9.17, 15) is 13.6 Å². The van der Waals surface area contributed by atoms with Crippen molar-refractivity contribution in [3.8, 4) is 0 Å². The van der Waals surface area contributed by atoms with Crippen LogP contribution >= 0.6 is 0 Å². The van der Waals surface area contributed by atoms with Gasteiger partial charge in [-0.25, -0.2) is 13.6 Å². The van der Waals surface area contributed by atoms with Crippen molar-refractivity contribution in [2.24, 2.45) is 0 Å². The minimum absolute atomic E-state index is 0.0509. The molecule has 1 aromatic heterocycles. The Kier molecular flexibility index (Phi) is 5.36. The van der Waals surface area contributed by atoms with E-state index in [1.165, 1.54) is 23.3 Å². The molecule has 0 spiro atoms. The van der Waals surface area contributed by atoms with Crippen LogP contribution in [0.2, 0.25) is 0 Å². The van der Waals surface area contributed by atoms with Gasteiger partial charge in [0, 0.05) is 44.4 Å². The fraction of sp³-hybridized carbons (Fsp3) is 0.500. The van der Waals surface area contributed by atoms with Gasteiger partial charge in [-0.2, -0.15) is 0 Å². The van der Waals surface area contributed by atoms with Crippen molar-refractivity contribution >= 4 is 23.3 Å². The second kappa shape index (κ2) is 8.31. The van der Waals surface area contributed by atoms with E-state index in [0.717, 1.165) is 26.3 Å². The number of piperazine rings is 1. The van der Waals surface area contributed by atoms with Gasteiger partial charge in [0.25, 0.3) is 0 Å². The van der Waals surface area contributed by atoms with Crippen LogP contribution in [0.25, 0.3) is 0 Å². The highest BCUT2D eigenvalue weighted by Crippen LogP contribution is 2.32. The summed E-state index contributed by atoms with van der Waals surface area (Å²) in [6, 6.07) is 4.43. The number of hydrogen-bond acceptors (Lipinski definition) is 8. The maximum atomic E-state index is 14.9. The summed E-state index contributed by atoms with van der Waals surface area (Å²) in [5.74, 6) is -0.860. The summed E-state index contributed by atoms with van der Waals surface area (Å²) in [5, 5.41) is 6.70. The summed E-state index contributed by atoms with van der Waals surface area (Å²) in [6.45, 7) is 4.44. The Balaban J connectivity index is 1.24. The van der Waals surface area contributed by atoms with E-state index in [4.69, 9.17) is 14.0 Å². The molecule has 0 unspecified atom stereocenters. The molecule has 1 amide bonds. The number of anilines is 3. The fourth-order valence-corrected chi connectivity index (χ4v) is 4.12. The molecular weight excluding hydrogens is 412 g/mol. The zero-order valence-corrected chi connectivity index (χ0v) is 16.8. The van der Waals surface area contributed by atoms with Crippen molar-refractivity contribution in [1.82, 2.24) is 10.1 Å². The van der Waals surface area contributed by atoms with Gasteiger partial charge in [0.05, 0.1) is 38.0 Å². The molecule has 1 N–H and O–H groups in total. The van der Waals surface area contributed by atoms with Gasteiger partial charge in [-0.15, -0.1) is 0 Å². The molecule has 0 saturated carbocycles. The second-order valence-corrected chi connectivity index (χ2v) is 7.85. The molecule has 1 aromatic carbocycles. The van der Waals surface area contributed by atoms with Gasteiger partial charge in [-0.05, 0) is 0 Å². The van der Waals surface area contributed by atoms with Crippen LogP contribution in [-0.2, 0) is 9.47 Å². The number of benzene rings is 1. The Bertz CT molecular complexity index is 909. The first-order valence-electron chi connectivity index (χ1n) is 10.3. The lowest BCUT2D eigenvalue weighted by Gasteiger charge is -2.43. The van der Waals surface area contributed by atoms with Gasteiger partial charge in [0.1, 0.15) is 18.1 Å². The molecule has 0 aliphatic carbocycles. The fourth-order valence-electron chi connectivity index (χ4n) is 4.12. The van der Waals surface area contributed by atoms with Crippen molar-refractivity contribution in [3.63, 3.8) is 0 Å². The van der Waals surface area contributed by atoms with E-state index < -0.39 is 23.8 Å². The zero-order valence-electron chi connectivity index (χ0n) is 16.8. The van der Waals surface area contributed by atoms with Crippen LogP contribution in [0.4, 0.5) is 30.8 Å². The third kappa shape index (κ3) is 4.02. The van der Waals surface area contributed by atoms with Crippen molar-refractivity contribution in [2.45, 2.75) is 12.1 Å². The van der Waals surface area contributed by atoms with E-state index in [-0.39, 0.29) is 17.9 Å². The van der Waals surface area contributed by atoms with Gasteiger partial charge in [-0.3, -0.25) is 9.80 Å². The van der Waals surface area contributed by atoms with Gasteiger partial charge < -0.3 is 24.2 Å². The van der Waals surface area contributed by atoms with Crippen molar-refractivity contribution < 1.29 is 27.6 Å². The number of carbonyl (C=O) groups excluding carboxylic acids is 1. The average Bonchev–Trinajstić information content (AvgIpc) is 3.35. The van der Waals surface area contributed by atoms with Gasteiger partial charge in [0.15, 0.2) is 17.5 Å². The first-order chi connectivity index (χ1) is 15.1. The molecule has 3 saturated heterocycles. The number of rotatable bonds is 6. The van der Waals surface area contributed by atoms with Crippen molar-refractivity contribution in [1.29, 1.82) is 0 Å². The van der Waals surface area contributed by atoms with Crippen LogP contribution in [0.15, 0.2) is 29.0 Å². The van der Waals surface area contributed by atoms with Crippen LogP contribution < -0.4 is 15.1 Å². The summed E-state index contributed by atoms with van der Waals surface area (Å²) in [7, 11) is 0. The molecule has 0 bridgehead atoms. The molecule has 1 atom stereocenters. The molecule has 3 aliphatic rings. The molecule has 9 nitrogen and oxygen atoms in total. The summed E-state index contributed by atoms with van der Waals surface area (Å²) in [5.41, 5.74) is 0.0861. The number of amides is 1. The SMILES string of the molecule is O=C1O[C@@H](CNc2ccon2)CN1c1cc(F)c(N2CCN(C3COC3)CC2)c(F)c1. The largest absolute Gasteiger partial charge is 0.442 e. The highest BCUT2D eigenvalue weighted by atomic mass is 19.1. The van der Waals surface area contributed by atoms with Crippen LogP contribution in [0.1, 0.15) is 0 Å². The monoisotopic (exact) mass is 435 g/mol. The number of halogens is 2. The Hall–Kier alpha value is -2.92. The molecule has 31 heavy (non-hydrogen) atoms. The molecule has 0 radical (unpaired) electrons. The topological polar surface area (TPSA) is 83.3 Å². The van der Waals surface area contributed by atoms with E-state index in [2.05, 4.69) is 15.4 Å². The number of cyclic esters (lactones) is 1. The lowest BCUT2D eigenvalue weighted by Crippen LogP contribution is -2.56. The molecule has 4 heterocycles. The second-order valence-electron chi connectivity index (χ2n) is 7.85. The minimum Gasteiger partial charge on any atom is -0.442 e. The van der Waals surface area contributed by atoms with Crippen molar-refractivity contribution in [2.75, 3.05) is 67.6 Å². The summed E-state index contributed by atoms with van der Waals surface area (Å²) in [4.78, 5) is 17.5. The van der Waals surface area contributed by atoms with E-state index in [1.54, 1.807) is 11.0 Å². The maximum absolute atomic E-state index is 14.9. The molecule has 11 heteroatoms. The number of ether oxygens (including phenoxy) is 2. The number of aromatic nitrogens is 1. The first-order valence-corrected chi connectivity index (χ1v) is 10.3. The summed E-state index contributed by atoms with van der Waals surface area (Å²) in [6.07, 6.45) is 0.290. The van der Waals surface area contributed by atoms with E-state index in [1.807, 2.05) is 0 Å². The quantitative estimate of drug-likeness (QED) is 0.737. The average molecular weight is 435 g/mol. The van der Waals surface area contributed by atoms with Crippen LogP contribution in [0.5, 0.6) is 0 Å². The third-order valence-electron chi connectivity index (χ3n) is 5.90. The van der Waals surface area contributed by atoms with Crippen LogP contribution in [0.3, 0.4) is 0 Å². The Morgan fingerprint density at radius 2 is 1.87 bits per heavy atom. The third-order valence-corrected chi connectivity index (χ3v) is 5.90. The molecule has 3 fully saturated rings. The predicted molar refractivity (Wildman–Crippen MR) is 107 cm³/mol. The number of hydrogen-bond donors (Lipinski definition) is 1. The van der Waals surface area contributed by atoms with Gasteiger partial charge in [0.2, 0.25) is 0 Å². The minimum atomic E-state index is -0.688. The molecule has 2 aromatic rings. The lowest BCUT2D eigenvalue weighted by atomic mass is 10.1. The number of nitrogens with zero attached hydrogens (tertiary/aromatic N) is 4. The Morgan fingerprint density at radius 3 is 2.48 bits per heavy atom. The Labute approximate surface area is 177 Å². The maximum Gasteiger partial charge on any atom is 0.414 e. The van der Waals surface area contributed by atoms with Gasteiger partial charge in [-0.1, -0.05) is 5.16 Å². The number of carbonyl (C=O) groups is 1. The van der Waals surface area contributed by atoms with Crippen LogP contribution in [-0.4, -0.2) is 80.8 Å². The lowest BCUT2D eigenvalue weighted by molar-refractivity contribution is -0.0661. The zero-order chi connectivity index (χ0) is 21.4. The highest BCUT2D eigenvalue weighted by Gasteiger charge is 2.34. The van der Waals surface area contributed by atoms with Crippen molar-refractivity contribution in [3.05, 3.63) is 36.1 Å². The van der Waals surface area contributed by atoms with Crippen LogP contribution in [0, 0.1) is 11.6 Å². The highest BCUT2D eigenvalue weighted by molar-refractivity contribution is 5.90. The standard InChI is InChI=1S/C20H23F2N5O4/c21-16-7-13(27-10-15(31-20(27)28)9-23-18-1-6-30-24-18)8-17(22)19(16)26-4-2-25(3-5-26)14-11-29-12-14/h1,6-8,14-15H,2-5,9-12H2,(H,23,24)/t15-/m0/s1. The Morgan fingerprint density at radius 1 is 1.13 bits per heavy atom. The molecule has 5 rings (SSSR count). The van der Waals surface area contributed by atoms with Gasteiger partial charge >= 0.3 is 6.09 Å². The smallest absolute Gasteiger partial charge is 0.414 e. The summed E-state index contributed by atoms with van der Waals surface area (Å²) < 4.78 is 45.1. The van der Waals surface area contributed by atoms with E-state index >= 15 is 0 Å². The normalized spacial score (nSPS) is 22.5. The molecule has 166 valence electrons. The summed E-state index contributed by atoms with van der Waals surface area (Å²) >= 11 is 0. The molecule has 3 aliphatic heterocycles. The molecular formula is C20H23F2N5O4. The first kappa shape index (κ1) is 20.0. The van der Waals surface area contributed by atoms with E-state index in [0.29, 0.717) is 31.5 Å². The predicted octanol–water partition coefficient (Wildman–Crippen LogP) is 1.91. The number of nitrogens with one attached hydrogen (secondary N) is 1.